The number of rotatable bonds is 5. The zero-order valence-corrected chi connectivity index (χ0v) is 20.5. The Bertz CT molecular complexity index is 1560. The molecule has 36 heavy (non-hydrogen) atoms. The molecule has 4 aromatic rings. The minimum atomic E-state index is -3.96. The quantitative estimate of drug-likeness (QED) is 0.428. The summed E-state index contributed by atoms with van der Waals surface area (Å²) in [5.74, 6) is 0.292. The highest BCUT2D eigenvalue weighted by Crippen LogP contribution is 2.30. The predicted octanol–water partition coefficient (Wildman–Crippen LogP) is 3.34. The molecule has 2 N–H and O–H groups in total. The lowest BCUT2D eigenvalue weighted by Gasteiger charge is -2.29. The smallest absolute Gasteiger partial charge is 0.269 e. The van der Waals surface area contributed by atoms with Gasteiger partial charge in [-0.1, -0.05) is 12.1 Å². The molecule has 0 saturated carbocycles. The van der Waals surface area contributed by atoms with Crippen molar-refractivity contribution in [2.75, 3.05) is 36.4 Å². The first-order valence-corrected chi connectivity index (χ1v) is 13.5. The van der Waals surface area contributed by atoms with Crippen LogP contribution in [0, 0.1) is 0 Å². The minimum Gasteiger partial charge on any atom is -0.369 e. The van der Waals surface area contributed by atoms with Gasteiger partial charge in [0.05, 0.1) is 4.90 Å². The fourth-order valence-corrected chi connectivity index (χ4v) is 6.53. The maximum Gasteiger partial charge on any atom is 0.269 e. The van der Waals surface area contributed by atoms with Gasteiger partial charge in [-0.25, -0.2) is 17.4 Å². The summed E-state index contributed by atoms with van der Waals surface area (Å²) in [5, 5.41) is 7.15. The predicted molar refractivity (Wildman–Crippen MR) is 139 cm³/mol. The molecule has 1 fully saturated rings. The molecule has 1 aliphatic heterocycles. The first-order chi connectivity index (χ1) is 17.5. The first-order valence-electron chi connectivity index (χ1n) is 12.1. The number of nitrogens with zero attached hydrogens (tertiary/aromatic N) is 4. The van der Waals surface area contributed by atoms with Crippen molar-refractivity contribution in [1.29, 1.82) is 0 Å². The summed E-state index contributed by atoms with van der Waals surface area (Å²) in [6, 6.07) is 14.6. The van der Waals surface area contributed by atoms with E-state index in [0.29, 0.717) is 41.7 Å². The number of fused-ring (bicyclic) bond motifs is 2. The van der Waals surface area contributed by atoms with Crippen molar-refractivity contribution < 1.29 is 13.2 Å². The number of Topliss-reactive ketones (excluding diaryl/α,β-unsaturated/α-hetero) is 1. The van der Waals surface area contributed by atoms with E-state index >= 15 is 0 Å². The molecule has 2 aliphatic rings. The number of aromatic nitrogens is 3. The van der Waals surface area contributed by atoms with Crippen LogP contribution in [-0.2, 0) is 16.4 Å². The van der Waals surface area contributed by atoms with Crippen molar-refractivity contribution in [3.05, 3.63) is 72.1 Å². The van der Waals surface area contributed by atoms with E-state index < -0.39 is 10.0 Å². The molecule has 10 heteroatoms. The second kappa shape index (κ2) is 9.03. The summed E-state index contributed by atoms with van der Waals surface area (Å²) in [7, 11) is -3.96. The van der Waals surface area contributed by atoms with Crippen LogP contribution in [0.2, 0.25) is 0 Å². The van der Waals surface area contributed by atoms with E-state index in [1.54, 1.807) is 30.5 Å². The Hall–Kier alpha value is -3.76. The fourth-order valence-electron chi connectivity index (χ4n) is 4.95. The van der Waals surface area contributed by atoms with Gasteiger partial charge in [0.2, 0.25) is 5.95 Å². The second-order valence-electron chi connectivity index (χ2n) is 9.06. The standard InChI is InChI=1S/C26H26N6O3S/c33-23-5-1-4-22-21(23)3-2-6-24(22)36(34,35)32-14-11-18-17-28-26(30-25(18)32)29-19-7-9-20(10-8-19)31-15-12-27-13-16-31/h2-3,6-11,14,17,27H,1,4-5,12-13,15-16H2,(H,28,29,30). The van der Waals surface area contributed by atoms with E-state index in [1.807, 2.05) is 12.1 Å². The molecular weight excluding hydrogens is 476 g/mol. The number of carbonyl (C=O) groups is 1. The highest BCUT2D eigenvalue weighted by atomic mass is 32.2. The van der Waals surface area contributed by atoms with E-state index in [2.05, 4.69) is 37.6 Å². The van der Waals surface area contributed by atoms with E-state index in [0.717, 1.165) is 37.6 Å². The highest BCUT2D eigenvalue weighted by Gasteiger charge is 2.28. The monoisotopic (exact) mass is 502 g/mol. The Kier molecular flexibility index (Phi) is 5.69. The Morgan fingerprint density at radius 1 is 0.972 bits per heavy atom. The molecule has 0 amide bonds. The summed E-state index contributed by atoms with van der Waals surface area (Å²) in [6.45, 7) is 3.88. The Morgan fingerprint density at radius 3 is 2.58 bits per heavy atom. The van der Waals surface area contributed by atoms with Gasteiger partial charge in [-0.15, -0.1) is 0 Å². The van der Waals surface area contributed by atoms with Crippen LogP contribution in [0.15, 0.2) is 65.8 Å². The zero-order chi connectivity index (χ0) is 24.7. The Morgan fingerprint density at radius 2 is 1.78 bits per heavy atom. The van der Waals surface area contributed by atoms with Crippen LogP contribution < -0.4 is 15.5 Å². The van der Waals surface area contributed by atoms with Gasteiger partial charge in [0, 0.05) is 67.3 Å². The maximum atomic E-state index is 13.7. The normalized spacial score (nSPS) is 16.2. The molecule has 0 atom stereocenters. The van der Waals surface area contributed by atoms with Crippen molar-refractivity contribution in [2.45, 2.75) is 24.2 Å². The largest absolute Gasteiger partial charge is 0.369 e. The maximum absolute atomic E-state index is 13.7. The Balaban J connectivity index is 1.31. The van der Waals surface area contributed by atoms with Crippen LogP contribution in [0.1, 0.15) is 28.8 Å². The third-order valence-corrected chi connectivity index (χ3v) is 8.55. The SMILES string of the molecule is O=C1CCCc2c1cccc2S(=O)(=O)n1ccc2cnc(Nc3ccc(N4CCNCC4)cc3)nc21. The van der Waals surface area contributed by atoms with Crippen LogP contribution in [0.3, 0.4) is 0 Å². The summed E-state index contributed by atoms with van der Waals surface area (Å²) < 4.78 is 28.6. The van der Waals surface area contributed by atoms with E-state index in [4.69, 9.17) is 0 Å². The van der Waals surface area contributed by atoms with Gasteiger partial charge < -0.3 is 15.5 Å². The lowest BCUT2D eigenvalue weighted by Crippen LogP contribution is -2.43. The average molecular weight is 503 g/mol. The van der Waals surface area contributed by atoms with Gasteiger partial charge in [0.15, 0.2) is 11.4 Å². The van der Waals surface area contributed by atoms with Crippen molar-refractivity contribution in [3.8, 4) is 0 Å². The average Bonchev–Trinajstić information content (AvgIpc) is 3.34. The van der Waals surface area contributed by atoms with Crippen LogP contribution in [0.4, 0.5) is 17.3 Å². The number of anilines is 3. The molecule has 2 aromatic carbocycles. The molecule has 6 rings (SSSR count). The third kappa shape index (κ3) is 4.02. The first kappa shape index (κ1) is 22.7. The van der Waals surface area contributed by atoms with Gasteiger partial charge in [-0.2, -0.15) is 4.98 Å². The van der Waals surface area contributed by atoms with Gasteiger partial charge >= 0.3 is 0 Å². The molecule has 0 unspecified atom stereocenters. The van der Waals surface area contributed by atoms with E-state index in [1.165, 1.54) is 10.2 Å². The van der Waals surface area contributed by atoms with Gasteiger partial charge in [0.25, 0.3) is 10.0 Å². The van der Waals surface area contributed by atoms with E-state index in [-0.39, 0.29) is 16.3 Å². The van der Waals surface area contributed by atoms with Crippen molar-refractivity contribution in [3.63, 3.8) is 0 Å². The molecular formula is C26H26N6O3S. The van der Waals surface area contributed by atoms with Gasteiger partial charge in [-0.05, 0) is 54.8 Å². The second-order valence-corrected chi connectivity index (χ2v) is 10.8. The molecule has 2 aromatic heterocycles. The van der Waals surface area contributed by atoms with Crippen molar-refractivity contribution in [1.82, 2.24) is 19.3 Å². The molecule has 9 nitrogen and oxygen atoms in total. The number of piperazine rings is 1. The number of ketones is 1. The van der Waals surface area contributed by atoms with Crippen LogP contribution in [0.25, 0.3) is 11.0 Å². The van der Waals surface area contributed by atoms with Crippen molar-refractivity contribution in [2.24, 2.45) is 0 Å². The molecule has 0 radical (unpaired) electrons. The number of benzene rings is 2. The van der Waals surface area contributed by atoms with Crippen LogP contribution >= 0.6 is 0 Å². The van der Waals surface area contributed by atoms with E-state index in [9.17, 15) is 13.2 Å². The fraction of sp³-hybridized carbons (Fsp3) is 0.269. The molecule has 1 saturated heterocycles. The lowest BCUT2D eigenvalue weighted by molar-refractivity contribution is 0.0972. The van der Waals surface area contributed by atoms with Gasteiger partial charge in [0.1, 0.15) is 0 Å². The molecule has 3 heterocycles. The van der Waals surface area contributed by atoms with Gasteiger partial charge in [-0.3, -0.25) is 4.79 Å². The Labute approximate surface area is 209 Å². The molecule has 0 bridgehead atoms. The number of hydrogen-bond donors (Lipinski definition) is 2. The number of nitrogens with one attached hydrogen (secondary N) is 2. The zero-order valence-electron chi connectivity index (χ0n) is 19.6. The molecule has 184 valence electrons. The van der Waals surface area contributed by atoms with Crippen LogP contribution in [0.5, 0.6) is 0 Å². The summed E-state index contributed by atoms with van der Waals surface area (Å²) in [6.07, 6.45) is 4.75. The third-order valence-electron chi connectivity index (χ3n) is 6.80. The topological polar surface area (TPSA) is 109 Å². The van der Waals surface area contributed by atoms with Crippen LogP contribution in [-0.4, -0.2) is 54.3 Å². The molecule has 1 aliphatic carbocycles. The summed E-state index contributed by atoms with van der Waals surface area (Å²) >= 11 is 0. The number of carbonyl (C=O) groups excluding carboxylic acids is 1. The molecule has 0 spiro atoms. The highest BCUT2D eigenvalue weighted by molar-refractivity contribution is 7.90. The van der Waals surface area contributed by atoms with Crippen molar-refractivity contribution >= 4 is 44.2 Å². The summed E-state index contributed by atoms with van der Waals surface area (Å²) in [4.78, 5) is 23.7. The summed E-state index contributed by atoms with van der Waals surface area (Å²) in [5.41, 5.74) is 3.34. The minimum absolute atomic E-state index is 0.0116. The lowest BCUT2D eigenvalue weighted by atomic mass is 9.91. The number of hydrogen-bond acceptors (Lipinski definition) is 8.